The van der Waals surface area contributed by atoms with Crippen LogP contribution in [-0.4, -0.2) is 18.8 Å². The van der Waals surface area contributed by atoms with Gasteiger partial charge in [0, 0.05) is 0 Å². The van der Waals surface area contributed by atoms with E-state index in [4.69, 9.17) is 4.74 Å². The third kappa shape index (κ3) is 9.77. The van der Waals surface area contributed by atoms with Crippen LogP contribution in [-0.2, 0) is 9.84 Å². The van der Waals surface area contributed by atoms with Crippen molar-refractivity contribution in [2.24, 2.45) is 0 Å². The summed E-state index contributed by atoms with van der Waals surface area (Å²) in [4.78, 5) is 0. The summed E-state index contributed by atoms with van der Waals surface area (Å²) in [6, 6.07) is 0. The van der Waals surface area contributed by atoms with E-state index in [1.807, 2.05) is 0 Å². The molecule has 2 atom stereocenters. The summed E-state index contributed by atoms with van der Waals surface area (Å²) in [5, 5.41) is 10.3. The van der Waals surface area contributed by atoms with Crippen LogP contribution in [0.5, 0.6) is 0 Å². The molecule has 0 bridgehead atoms. The second kappa shape index (κ2) is 12.6. The average Bonchev–Trinajstić information content (AvgIpc) is 3.20. The van der Waals surface area contributed by atoms with Gasteiger partial charge < -0.3 is 4.74 Å². The van der Waals surface area contributed by atoms with Crippen LogP contribution in [0.3, 0.4) is 0 Å². The molecule has 0 saturated carbocycles. The largest absolute Gasteiger partial charge is 0.370 e. The van der Waals surface area contributed by atoms with Crippen molar-refractivity contribution in [3.63, 3.8) is 0 Å². The summed E-state index contributed by atoms with van der Waals surface area (Å²) in [5.41, 5.74) is 0. The zero-order valence-corrected chi connectivity index (χ0v) is 13.6. The van der Waals surface area contributed by atoms with Gasteiger partial charge in [0.1, 0.15) is 0 Å². The molecule has 0 spiro atoms. The second-order valence-corrected chi connectivity index (χ2v) is 6.38. The van der Waals surface area contributed by atoms with Crippen LogP contribution in [0.4, 0.5) is 0 Å². The Labute approximate surface area is 126 Å². The fourth-order valence-electron chi connectivity index (χ4n) is 2.97. The van der Waals surface area contributed by atoms with Crippen molar-refractivity contribution in [1.29, 1.82) is 0 Å². The molecule has 2 nitrogen and oxygen atoms in total. The SMILES string of the molecule is CCCCCCCCC1OC1CCCCCCCC[O]. The van der Waals surface area contributed by atoms with Gasteiger partial charge in [-0.1, -0.05) is 77.6 Å². The van der Waals surface area contributed by atoms with Gasteiger partial charge in [-0.25, -0.2) is 5.11 Å². The van der Waals surface area contributed by atoms with Gasteiger partial charge in [0.05, 0.1) is 18.8 Å². The minimum absolute atomic E-state index is 0.107. The van der Waals surface area contributed by atoms with Crippen LogP contribution in [0.2, 0.25) is 0 Å². The third-order valence-electron chi connectivity index (χ3n) is 4.41. The molecule has 2 heteroatoms. The fourth-order valence-corrected chi connectivity index (χ4v) is 2.97. The molecule has 0 aromatic rings. The molecule has 1 saturated heterocycles. The summed E-state index contributed by atoms with van der Waals surface area (Å²) in [6.45, 7) is 2.38. The molecule has 1 aliphatic rings. The van der Waals surface area contributed by atoms with Gasteiger partial charge in [0.2, 0.25) is 0 Å². The van der Waals surface area contributed by atoms with E-state index < -0.39 is 0 Å². The van der Waals surface area contributed by atoms with Crippen LogP contribution in [0, 0.1) is 0 Å². The van der Waals surface area contributed by atoms with Crippen LogP contribution in [0.1, 0.15) is 96.8 Å². The third-order valence-corrected chi connectivity index (χ3v) is 4.41. The van der Waals surface area contributed by atoms with E-state index >= 15 is 0 Å². The van der Waals surface area contributed by atoms with Gasteiger partial charge in [-0.3, -0.25) is 0 Å². The first-order valence-corrected chi connectivity index (χ1v) is 9.12. The van der Waals surface area contributed by atoms with Gasteiger partial charge in [0.15, 0.2) is 0 Å². The van der Waals surface area contributed by atoms with E-state index in [0.29, 0.717) is 12.2 Å². The molecule has 119 valence electrons. The molecule has 0 aromatic heterocycles. The van der Waals surface area contributed by atoms with Gasteiger partial charge in [-0.2, -0.15) is 0 Å². The normalized spacial score (nSPS) is 21.3. The lowest BCUT2D eigenvalue weighted by molar-refractivity contribution is 0.186. The number of hydrogen-bond acceptors (Lipinski definition) is 1. The van der Waals surface area contributed by atoms with Crippen LogP contribution in [0.15, 0.2) is 0 Å². The van der Waals surface area contributed by atoms with Gasteiger partial charge in [-0.15, -0.1) is 0 Å². The number of unbranched alkanes of at least 4 members (excludes halogenated alkanes) is 10. The summed E-state index contributed by atoms with van der Waals surface area (Å²) in [5.74, 6) is 0. The zero-order valence-electron chi connectivity index (χ0n) is 13.6. The minimum Gasteiger partial charge on any atom is -0.370 e. The van der Waals surface area contributed by atoms with Crippen molar-refractivity contribution in [2.75, 3.05) is 6.61 Å². The Morgan fingerprint density at radius 1 is 0.650 bits per heavy atom. The highest BCUT2D eigenvalue weighted by Gasteiger charge is 2.36. The second-order valence-electron chi connectivity index (χ2n) is 6.38. The van der Waals surface area contributed by atoms with Crippen molar-refractivity contribution in [3.8, 4) is 0 Å². The predicted octanol–water partition coefficient (Wildman–Crippen LogP) is 5.67. The smallest absolute Gasteiger partial charge is 0.0841 e. The Kier molecular flexibility index (Phi) is 11.4. The fraction of sp³-hybridized carbons (Fsp3) is 1.00. The molecule has 1 rings (SSSR count). The predicted molar refractivity (Wildman–Crippen MR) is 84.5 cm³/mol. The summed E-state index contributed by atoms with van der Waals surface area (Å²) < 4.78 is 5.75. The molecule has 1 fully saturated rings. The maximum absolute atomic E-state index is 10.3. The maximum Gasteiger partial charge on any atom is 0.0841 e. The van der Waals surface area contributed by atoms with Crippen molar-refractivity contribution in [2.45, 2.75) is 109 Å². The highest BCUT2D eigenvalue weighted by molar-refractivity contribution is 4.84. The van der Waals surface area contributed by atoms with E-state index in [-0.39, 0.29) is 6.61 Å². The first-order chi connectivity index (χ1) is 9.88. The Morgan fingerprint density at radius 3 is 1.60 bits per heavy atom. The first-order valence-electron chi connectivity index (χ1n) is 9.12. The Morgan fingerprint density at radius 2 is 1.10 bits per heavy atom. The first kappa shape index (κ1) is 18.0. The number of hydrogen-bond donors (Lipinski definition) is 0. The molecule has 1 aliphatic heterocycles. The Hall–Kier alpha value is -0.0800. The molecule has 0 N–H and O–H groups in total. The summed E-state index contributed by atoms with van der Waals surface area (Å²) in [7, 11) is 0. The topological polar surface area (TPSA) is 32.4 Å². The van der Waals surface area contributed by atoms with E-state index in [9.17, 15) is 5.11 Å². The van der Waals surface area contributed by atoms with Crippen molar-refractivity contribution < 1.29 is 9.84 Å². The lowest BCUT2D eigenvalue weighted by atomic mass is 10.0. The van der Waals surface area contributed by atoms with Crippen LogP contribution in [0.25, 0.3) is 0 Å². The Bertz CT molecular complexity index is 206. The van der Waals surface area contributed by atoms with Gasteiger partial charge >= 0.3 is 0 Å². The Balaban J connectivity index is 1.75. The molecule has 1 heterocycles. The van der Waals surface area contributed by atoms with Crippen molar-refractivity contribution >= 4 is 0 Å². The maximum atomic E-state index is 10.3. The lowest BCUT2D eigenvalue weighted by Gasteiger charge is -2.00. The highest BCUT2D eigenvalue weighted by atomic mass is 16.6. The van der Waals surface area contributed by atoms with Gasteiger partial charge in [0.25, 0.3) is 0 Å². The highest BCUT2D eigenvalue weighted by Crippen LogP contribution is 2.31. The van der Waals surface area contributed by atoms with Crippen molar-refractivity contribution in [3.05, 3.63) is 0 Å². The van der Waals surface area contributed by atoms with Gasteiger partial charge in [-0.05, 0) is 19.3 Å². The standard InChI is InChI=1S/C18H35O2/c1-2-3-4-5-8-11-14-17-18(20-17)15-12-9-6-7-10-13-16-19/h17-18H,2-16H2,1H3. The lowest BCUT2D eigenvalue weighted by Crippen LogP contribution is -1.95. The molecule has 20 heavy (non-hydrogen) atoms. The average molecular weight is 283 g/mol. The molecular weight excluding hydrogens is 248 g/mol. The monoisotopic (exact) mass is 283 g/mol. The molecular formula is C18H35O2. The molecule has 0 aromatic carbocycles. The van der Waals surface area contributed by atoms with Crippen LogP contribution >= 0.6 is 0 Å². The molecule has 0 aliphatic carbocycles. The van der Waals surface area contributed by atoms with E-state index in [1.54, 1.807) is 0 Å². The zero-order chi connectivity index (χ0) is 14.5. The molecule has 2 unspecified atom stereocenters. The molecule has 0 amide bonds. The van der Waals surface area contributed by atoms with E-state index in [1.165, 1.54) is 77.0 Å². The summed E-state index contributed by atoms with van der Waals surface area (Å²) in [6.07, 6.45) is 19.2. The summed E-state index contributed by atoms with van der Waals surface area (Å²) >= 11 is 0. The van der Waals surface area contributed by atoms with Crippen molar-refractivity contribution in [1.82, 2.24) is 0 Å². The number of epoxide rings is 1. The number of ether oxygens (including phenoxy) is 1. The quantitative estimate of drug-likeness (QED) is 0.282. The van der Waals surface area contributed by atoms with E-state index in [2.05, 4.69) is 6.92 Å². The minimum atomic E-state index is 0.107. The number of rotatable bonds is 15. The van der Waals surface area contributed by atoms with E-state index in [0.717, 1.165) is 12.8 Å². The van der Waals surface area contributed by atoms with Crippen LogP contribution < -0.4 is 0 Å². The molecule has 1 radical (unpaired) electrons.